The number of halogens is 2. The van der Waals surface area contributed by atoms with Crippen LogP contribution in [0, 0.1) is 5.82 Å². The minimum Gasteiger partial charge on any atom is -0.444 e. The number of hydrogen-bond donors (Lipinski definition) is 2. The second kappa shape index (κ2) is 12.0. The maximum Gasteiger partial charge on any atom is 0.410 e. The molecule has 7 nitrogen and oxygen atoms in total. The number of carbonyl (C=O) groups is 2. The standard InChI is InChI=1S/C33H34ClFN4O3/c1-21(23-8-6-5-7-9-23)36-31(40)29-28-20-38(32(41)42-33(2,3)4)19-24(18-22-10-14-26(35)15-11-22)30(28)39(37-29)27-16-12-25(34)13-17-27/h5-18,21,29,37H,19-20H2,1-4H3,(H,36,40)/b24-18+/t21-,29?/m1/s1. The molecule has 2 heterocycles. The molecule has 9 heteroatoms. The van der Waals surface area contributed by atoms with Crippen LogP contribution in [-0.2, 0) is 9.53 Å². The highest BCUT2D eigenvalue weighted by atomic mass is 35.5. The van der Waals surface area contributed by atoms with Crippen molar-refractivity contribution in [1.82, 2.24) is 15.6 Å². The molecular formula is C33H34ClFN4O3. The van der Waals surface area contributed by atoms with E-state index in [2.05, 4.69) is 10.7 Å². The second-order valence-electron chi connectivity index (χ2n) is 11.4. The SMILES string of the molecule is C[C@@H](NC(=O)C1NN(c2ccc(Cl)cc2)C2=C1CN(C(=O)OC(C)(C)C)C/C2=C\c1ccc(F)cc1)c1ccccc1. The number of carbonyl (C=O) groups excluding carboxylic acids is 2. The van der Waals surface area contributed by atoms with Gasteiger partial charge in [-0.25, -0.2) is 14.6 Å². The molecule has 2 aliphatic heterocycles. The monoisotopic (exact) mass is 588 g/mol. The molecule has 2 aliphatic rings. The first kappa shape index (κ1) is 29.4. The van der Waals surface area contributed by atoms with Crippen molar-refractivity contribution >= 4 is 35.4 Å². The topological polar surface area (TPSA) is 73.9 Å². The first-order chi connectivity index (χ1) is 20.0. The van der Waals surface area contributed by atoms with E-state index < -0.39 is 17.7 Å². The van der Waals surface area contributed by atoms with Gasteiger partial charge in [0.05, 0.1) is 24.0 Å². The van der Waals surface area contributed by atoms with Crippen LogP contribution in [0.2, 0.25) is 5.02 Å². The Hall–Kier alpha value is -4.14. The number of nitrogens with zero attached hydrogens (tertiary/aromatic N) is 2. The minimum absolute atomic E-state index is 0.180. The summed E-state index contributed by atoms with van der Waals surface area (Å²) >= 11 is 6.19. The van der Waals surface area contributed by atoms with E-state index >= 15 is 0 Å². The molecule has 218 valence electrons. The number of benzene rings is 3. The Kier molecular flexibility index (Phi) is 8.38. The van der Waals surface area contributed by atoms with Gasteiger partial charge >= 0.3 is 6.09 Å². The van der Waals surface area contributed by atoms with E-state index in [1.54, 1.807) is 29.2 Å². The van der Waals surface area contributed by atoms with Crippen molar-refractivity contribution in [1.29, 1.82) is 0 Å². The molecule has 0 bridgehead atoms. The van der Waals surface area contributed by atoms with Gasteiger partial charge in [-0.2, -0.15) is 0 Å². The summed E-state index contributed by atoms with van der Waals surface area (Å²) in [5.74, 6) is -0.576. The molecule has 3 aromatic rings. The lowest BCUT2D eigenvalue weighted by molar-refractivity contribution is -0.122. The van der Waals surface area contributed by atoms with E-state index in [-0.39, 0.29) is 30.9 Å². The van der Waals surface area contributed by atoms with Crippen LogP contribution >= 0.6 is 11.6 Å². The van der Waals surface area contributed by atoms with Crippen LogP contribution in [0.1, 0.15) is 44.9 Å². The molecule has 0 fully saturated rings. The third-order valence-corrected chi connectivity index (χ3v) is 7.28. The van der Waals surface area contributed by atoms with Gasteiger partial charge in [-0.05, 0) is 86.9 Å². The summed E-state index contributed by atoms with van der Waals surface area (Å²) < 4.78 is 19.4. The molecule has 0 spiro atoms. The zero-order chi connectivity index (χ0) is 30.0. The van der Waals surface area contributed by atoms with E-state index in [0.717, 1.165) is 28.1 Å². The van der Waals surface area contributed by atoms with E-state index in [9.17, 15) is 14.0 Å². The van der Waals surface area contributed by atoms with E-state index in [1.807, 2.05) is 81.2 Å². The quantitative estimate of drug-likeness (QED) is 0.350. The van der Waals surface area contributed by atoms with Crippen LogP contribution in [0.3, 0.4) is 0 Å². The molecule has 42 heavy (non-hydrogen) atoms. The average molecular weight is 589 g/mol. The lowest BCUT2D eigenvalue weighted by Crippen LogP contribution is -2.48. The number of anilines is 1. The molecule has 0 aromatic heterocycles. The van der Waals surface area contributed by atoms with Crippen LogP contribution < -0.4 is 15.8 Å². The van der Waals surface area contributed by atoms with Crippen molar-refractivity contribution in [3.63, 3.8) is 0 Å². The second-order valence-corrected chi connectivity index (χ2v) is 11.9. The summed E-state index contributed by atoms with van der Waals surface area (Å²) in [4.78, 5) is 28.8. The lowest BCUT2D eigenvalue weighted by Gasteiger charge is -2.34. The molecule has 0 saturated carbocycles. The summed E-state index contributed by atoms with van der Waals surface area (Å²) in [5.41, 5.74) is 7.44. The third kappa shape index (κ3) is 6.66. The van der Waals surface area contributed by atoms with Crippen molar-refractivity contribution < 1.29 is 18.7 Å². The number of ether oxygens (including phenoxy) is 1. The van der Waals surface area contributed by atoms with Crippen molar-refractivity contribution in [2.24, 2.45) is 0 Å². The molecule has 0 radical (unpaired) electrons. The van der Waals surface area contributed by atoms with Crippen LogP contribution in [0.25, 0.3) is 6.08 Å². The van der Waals surface area contributed by atoms with Gasteiger partial charge in [0.2, 0.25) is 5.91 Å². The number of rotatable bonds is 5. The van der Waals surface area contributed by atoms with Crippen LogP contribution in [-0.4, -0.2) is 41.6 Å². The van der Waals surface area contributed by atoms with E-state index in [1.165, 1.54) is 12.1 Å². The summed E-state index contributed by atoms with van der Waals surface area (Å²) in [6.07, 6.45) is 1.42. The fourth-order valence-electron chi connectivity index (χ4n) is 5.07. The van der Waals surface area contributed by atoms with Crippen LogP contribution in [0.15, 0.2) is 95.7 Å². The van der Waals surface area contributed by atoms with Gasteiger partial charge in [-0.15, -0.1) is 0 Å². The molecule has 5 rings (SSSR count). The Morgan fingerprint density at radius 2 is 1.69 bits per heavy atom. The van der Waals surface area contributed by atoms with Gasteiger partial charge in [0.25, 0.3) is 0 Å². The molecule has 2 atom stereocenters. The fraction of sp³-hybridized carbons (Fsp3) is 0.273. The zero-order valence-corrected chi connectivity index (χ0v) is 24.8. The van der Waals surface area contributed by atoms with Gasteiger partial charge in [0.15, 0.2) is 0 Å². The maximum absolute atomic E-state index is 13.9. The largest absolute Gasteiger partial charge is 0.444 e. The number of amides is 2. The van der Waals surface area contributed by atoms with Gasteiger partial charge in [-0.3, -0.25) is 14.7 Å². The summed E-state index contributed by atoms with van der Waals surface area (Å²) in [6, 6.07) is 22.1. The van der Waals surface area contributed by atoms with E-state index in [4.69, 9.17) is 16.3 Å². The van der Waals surface area contributed by atoms with Crippen LogP contribution in [0.5, 0.6) is 0 Å². The predicted octanol–water partition coefficient (Wildman–Crippen LogP) is 6.64. The van der Waals surface area contributed by atoms with Gasteiger partial charge in [-0.1, -0.05) is 54.1 Å². The highest BCUT2D eigenvalue weighted by Crippen LogP contribution is 2.37. The van der Waals surface area contributed by atoms with Crippen LogP contribution in [0.4, 0.5) is 14.9 Å². The summed E-state index contributed by atoms with van der Waals surface area (Å²) in [7, 11) is 0. The average Bonchev–Trinajstić information content (AvgIpc) is 3.34. The van der Waals surface area contributed by atoms with Crippen molar-refractivity contribution in [2.45, 2.75) is 45.4 Å². The van der Waals surface area contributed by atoms with E-state index in [0.29, 0.717) is 10.6 Å². The highest BCUT2D eigenvalue weighted by Gasteiger charge is 2.43. The van der Waals surface area contributed by atoms with Crippen molar-refractivity contribution in [3.05, 3.63) is 118 Å². The Labute approximate surface area is 250 Å². The Morgan fingerprint density at radius 3 is 2.33 bits per heavy atom. The Morgan fingerprint density at radius 1 is 1.02 bits per heavy atom. The Balaban J connectivity index is 1.58. The Bertz CT molecular complexity index is 1520. The fourth-order valence-corrected chi connectivity index (χ4v) is 5.20. The first-order valence-electron chi connectivity index (χ1n) is 13.8. The normalized spacial score (nSPS) is 18.6. The third-order valence-electron chi connectivity index (χ3n) is 7.03. The lowest BCUT2D eigenvalue weighted by atomic mass is 9.94. The molecule has 2 amide bonds. The van der Waals surface area contributed by atoms with Gasteiger partial charge in [0.1, 0.15) is 17.5 Å². The highest BCUT2D eigenvalue weighted by molar-refractivity contribution is 6.30. The molecule has 3 aromatic carbocycles. The maximum atomic E-state index is 13.9. The summed E-state index contributed by atoms with van der Waals surface area (Å²) in [6.45, 7) is 7.79. The van der Waals surface area contributed by atoms with Crippen molar-refractivity contribution in [2.75, 3.05) is 18.1 Å². The van der Waals surface area contributed by atoms with Gasteiger partial charge in [0, 0.05) is 17.1 Å². The molecule has 0 saturated heterocycles. The number of nitrogens with one attached hydrogen (secondary N) is 2. The number of hydrazine groups is 1. The molecule has 2 N–H and O–H groups in total. The molecule has 1 unspecified atom stereocenters. The minimum atomic E-state index is -0.774. The zero-order valence-electron chi connectivity index (χ0n) is 24.0. The molecular weight excluding hydrogens is 555 g/mol. The smallest absolute Gasteiger partial charge is 0.410 e. The first-order valence-corrected chi connectivity index (χ1v) is 14.2. The van der Waals surface area contributed by atoms with Gasteiger partial charge < -0.3 is 10.1 Å². The summed E-state index contributed by atoms with van der Waals surface area (Å²) in [5, 5.41) is 5.58. The van der Waals surface area contributed by atoms with Crippen molar-refractivity contribution in [3.8, 4) is 0 Å². The number of hydrogen-bond acceptors (Lipinski definition) is 5. The predicted molar refractivity (Wildman–Crippen MR) is 163 cm³/mol. The molecule has 0 aliphatic carbocycles.